The number of rotatable bonds is 7. The molecule has 2 aromatic rings. The number of aryl methyl sites for hydroxylation is 1. The van der Waals surface area contributed by atoms with Crippen LogP contribution in [0.1, 0.15) is 15.9 Å². The number of hydrogen-bond donors (Lipinski definition) is 1. The summed E-state index contributed by atoms with van der Waals surface area (Å²) in [7, 11) is 2.10. The number of carbonyl (C=O) groups excluding carboxylic acids is 1. The lowest BCUT2D eigenvalue weighted by Gasteiger charge is -2.32. The Morgan fingerprint density at radius 1 is 1.14 bits per heavy atom. The second-order valence-electron chi connectivity index (χ2n) is 7.26. The van der Waals surface area contributed by atoms with E-state index in [0.717, 1.165) is 43.2 Å². The molecule has 8 heteroatoms. The van der Waals surface area contributed by atoms with Crippen molar-refractivity contribution in [3.8, 4) is 0 Å². The van der Waals surface area contributed by atoms with Gasteiger partial charge in [-0.2, -0.15) is 0 Å². The van der Waals surface area contributed by atoms with Gasteiger partial charge in [0.05, 0.1) is 9.82 Å². The summed E-state index contributed by atoms with van der Waals surface area (Å²) in [5, 5.41) is 14.4. The van der Waals surface area contributed by atoms with E-state index in [0.29, 0.717) is 17.0 Å². The van der Waals surface area contributed by atoms with E-state index in [-0.39, 0.29) is 11.6 Å². The summed E-state index contributed by atoms with van der Waals surface area (Å²) in [5.74, 6) is -0.283. The molecule has 0 aliphatic carbocycles. The zero-order valence-electron chi connectivity index (χ0n) is 16.8. The maximum Gasteiger partial charge on any atom is 0.284 e. The molecule has 0 bridgehead atoms. The predicted octanol–water partition coefficient (Wildman–Crippen LogP) is 3.03. The maximum atomic E-state index is 12.5. The van der Waals surface area contributed by atoms with Gasteiger partial charge in [0.2, 0.25) is 0 Å². The van der Waals surface area contributed by atoms with Gasteiger partial charge in [-0.3, -0.25) is 19.8 Å². The van der Waals surface area contributed by atoms with Gasteiger partial charge >= 0.3 is 0 Å². The third-order valence-electron chi connectivity index (χ3n) is 4.98. The average molecular weight is 415 g/mol. The summed E-state index contributed by atoms with van der Waals surface area (Å²) >= 11 is 1.32. The Balaban J connectivity index is 1.61. The van der Waals surface area contributed by atoms with Crippen molar-refractivity contribution < 1.29 is 9.72 Å². The van der Waals surface area contributed by atoms with Gasteiger partial charge in [0.25, 0.3) is 11.6 Å². The third-order valence-corrected chi connectivity index (χ3v) is 6.05. The minimum atomic E-state index is -0.433. The summed E-state index contributed by atoms with van der Waals surface area (Å²) in [5.41, 5.74) is 1.39. The number of carbonyl (C=O) groups is 1. The van der Waals surface area contributed by atoms with Crippen LogP contribution in [0.3, 0.4) is 0 Å². The number of nitrogens with zero attached hydrogens (tertiary/aromatic N) is 3. The summed E-state index contributed by atoms with van der Waals surface area (Å²) in [6, 6.07) is 12.5. The van der Waals surface area contributed by atoms with Gasteiger partial charge < -0.3 is 10.2 Å². The molecule has 1 amide bonds. The van der Waals surface area contributed by atoms with Crippen LogP contribution < -0.4 is 5.32 Å². The molecule has 154 valence electrons. The van der Waals surface area contributed by atoms with Crippen molar-refractivity contribution >= 4 is 23.4 Å². The number of piperazine rings is 1. The van der Waals surface area contributed by atoms with Crippen molar-refractivity contribution in [2.24, 2.45) is 0 Å². The molecule has 0 atom stereocenters. The SMILES string of the molecule is Cc1ccc(Sc2ccc(C(=O)NCCN3CCN(C)CC3)cc2[N+](=O)[O-])cc1. The van der Waals surface area contributed by atoms with Gasteiger partial charge in [0.15, 0.2) is 0 Å². The van der Waals surface area contributed by atoms with Crippen LogP contribution in [0.25, 0.3) is 0 Å². The molecular weight excluding hydrogens is 388 g/mol. The molecule has 0 spiro atoms. The second kappa shape index (κ2) is 9.87. The normalized spacial score (nSPS) is 15.2. The Morgan fingerprint density at radius 3 is 2.48 bits per heavy atom. The molecule has 1 heterocycles. The molecule has 3 rings (SSSR count). The summed E-state index contributed by atoms with van der Waals surface area (Å²) in [6.07, 6.45) is 0. The average Bonchev–Trinajstić information content (AvgIpc) is 2.71. The monoisotopic (exact) mass is 414 g/mol. The van der Waals surface area contributed by atoms with Gasteiger partial charge in [0.1, 0.15) is 0 Å². The fraction of sp³-hybridized carbons (Fsp3) is 0.381. The number of nitrogens with one attached hydrogen (secondary N) is 1. The van der Waals surface area contributed by atoms with E-state index < -0.39 is 4.92 Å². The summed E-state index contributed by atoms with van der Waals surface area (Å²) in [6.45, 7) is 7.33. The number of amides is 1. The first kappa shape index (κ1) is 21.3. The quantitative estimate of drug-likeness (QED) is 0.554. The second-order valence-corrected chi connectivity index (χ2v) is 8.37. The number of likely N-dealkylation sites (N-methyl/N-ethyl adjacent to an activating group) is 1. The van der Waals surface area contributed by atoms with Crippen LogP contribution in [0.2, 0.25) is 0 Å². The summed E-state index contributed by atoms with van der Waals surface area (Å²) < 4.78 is 0. The third kappa shape index (κ3) is 6.03. The van der Waals surface area contributed by atoms with E-state index in [1.54, 1.807) is 12.1 Å². The van der Waals surface area contributed by atoms with Crippen LogP contribution in [0.4, 0.5) is 5.69 Å². The Hall–Kier alpha value is -2.42. The number of nitro benzene ring substituents is 1. The van der Waals surface area contributed by atoms with Gasteiger partial charge in [-0.15, -0.1) is 0 Å². The molecule has 1 saturated heterocycles. The van der Waals surface area contributed by atoms with E-state index in [4.69, 9.17) is 0 Å². The summed E-state index contributed by atoms with van der Waals surface area (Å²) in [4.78, 5) is 29.6. The van der Waals surface area contributed by atoms with Gasteiger partial charge in [-0.05, 0) is 38.2 Å². The molecule has 7 nitrogen and oxygen atoms in total. The highest BCUT2D eigenvalue weighted by atomic mass is 32.2. The zero-order chi connectivity index (χ0) is 20.8. The Kier molecular flexibility index (Phi) is 7.24. The van der Waals surface area contributed by atoms with Crippen LogP contribution in [0, 0.1) is 17.0 Å². The molecule has 1 aliphatic rings. The standard InChI is InChI=1S/C21H26N4O3S/c1-16-3-6-18(7-4-16)29-20-8-5-17(15-19(20)25(27)28)21(26)22-9-10-24-13-11-23(2)12-14-24/h3-8,15H,9-14H2,1-2H3,(H,22,26). The first-order valence-corrected chi connectivity index (χ1v) is 10.5. The molecule has 0 radical (unpaired) electrons. The predicted molar refractivity (Wildman–Crippen MR) is 115 cm³/mol. The van der Waals surface area contributed by atoms with Crippen molar-refractivity contribution in [2.45, 2.75) is 16.7 Å². The lowest BCUT2D eigenvalue weighted by molar-refractivity contribution is -0.387. The van der Waals surface area contributed by atoms with Crippen molar-refractivity contribution in [1.29, 1.82) is 0 Å². The number of hydrogen-bond acceptors (Lipinski definition) is 6. The van der Waals surface area contributed by atoms with Gasteiger partial charge in [-0.25, -0.2) is 0 Å². The lowest BCUT2D eigenvalue weighted by atomic mass is 10.2. The fourth-order valence-electron chi connectivity index (χ4n) is 3.12. The van der Waals surface area contributed by atoms with Crippen molar-refractivity contribution in [3.63, 3.8) is 0 Å². The molecule has 29 heavy (non-hydrogen) atoms. The molecule has 0 unspecified atom stereocenters. The molecule has 1 aliphatic heterocycles. The molecule has 0 aromatic heterocycles. The first-order valence-electron chi connectivity index (χ1n) is 9.64. The number of nitro groups is 1. The number of benzene rings is 2. The molecule has 1 N–H and O–H groups in total. The van der Waals surface area contributed by atoms with Gasteiger partial charge in [0, 0.05) is 55.8 Å². The lowest BCUT2D eigenvalue weighted by Crippen LogP contribution is -2.46. The topological polar surface area (TPSA) is 78.7 Å². The van der Waals surface area contributed by atoms with E-state index >= 15 is 0 Å². The van der Waals surface area contributed by atoms with Crippen LogP contribution >= 0.6 is 11.8 Å². The largest absolute Gasteiger partial charge is 0.351 e. The molecule has 2 aromatic carbocycles. The first-order chi connectivity index (χ1) is 13.9. The van der Waals surface area contributed by atoms with Crippen LogP contribution in [0.15, 0.2) is 52.3 Å². The fourth-order valence-corrected chi connectivity index (χ4v) is 4.02. The highest BCUT2D eigenvalue weighted by Gasteiger charge is 2.19. The Morgan fingerprint density at radius 2 is 1.83 bits per heavy atom. The van der Waals surface area contributed by atoms with Gasteiger partial charge in [-0.1, -0.05) is 29.5 Å². The molecular formula is C21H26N4O3S. The molecule has 1 fully saturated rings. The van der Waals surface area contributed by atoms with E-state index in [2.05, 4.69) is 22.2 Å². The smallest absolute Gasteiger partial charge is 0.284 e. The van der Waals surface area contributed by atoms with Crippen LogP contribution in [0.5, 0.6) is 0 Å². The minimum absolute atomic E-state index is 0.0534. The highest BCUT2D eigenvalue weighted by Crippen LogP contribution is 2.35. The van der Waals surface area contributed by atoms with E-state index in [9.17, 15) is 14.9 Å². The van der Waals surface area contributed by atoms with Crippen LogP contribution in [-0.2, 0) is 0 Å². The highest BCUT2D eigenvalue weighted by molar-refractivity contribution is 7.99. The Labute approximate surface area is 175 Å². The van der Waals surface area contributed by atoms with E-state index in [1.165, 1.54) is 17.8 Å². The maximum absolute atomic E-state index is 12.5. The van der Waals surface area contributed by atoms with Crippen molar-refractivity contribution in [2.75, 3.05) is 46.3 Å². The van der Waals surface area contributed by atoms with Crippen molar-refractivity contribution in [3.05, 3.63) is 63.7 Å². The Bertz CT molecular complexity index is 865. The van der Waals surface area contributed by atoms with E-state index in [1.807, 2.05) is 31.2 Å². The van der Waals surface area contributed by atoms with Crippen molar-refractivity contribution in [1.82, 2.24) is 15.1 Å². The minimum Gasteiger partial charge on any atom is -0.351 e. The zero-order valence-corrected chi connectivity index (χ0v) is 17.6. The molecule has 0 saturated carbocycles. The van der Waals surface area contributed by atoms with Crippen LogP contribution in [-0.4, -0.2) is 66.9 Å².